The van der Waals surface area contributed by atoms with Gasteiger partial charge in [-0.3, -0.25) is 24.2 Å². The van der Waals surface area contributed by atoms with E-state index in [1.54, 1.807) is 54.7 Å². The van der Waals surface area contributed by atoms with E-state index in [9.17, 15) is 19.2 Å². The van der Waals surface area contributed by atoms with Gasteiger partial charge in [-0.25, -0.2) is 0 Å². The molecule has 13 heteroatoms. The summed E-state index contributed by atoms with van der Waals surface area (Å²) in [6, 6.07) is 24.7. The molecule has 65 heavy (non-hydrogen) atoms. The van der Waals surface area contributed by atoms with Gasteiger partial charge in [-0.2, -0.15) is 0 Å². The Bertz CT molecular complexity index is 2470. The van der Waals surface area contributed by atoms with Crippen LogP contribution in [0.2, 0.25) is 0 Å². The maximum Gasteiger partial charge on any atom is 0.255 e. The summed E-state index contributed by atoms with van der Waals surface area (Å²) < 4.78 is 24.0. The van der Waals surface area contributed by atoms with E-state index < -0.39 is 5.91 Å². The van der Waals surface area contributed by atoms with Crippen molar-refractivity contribution >= 4 is 51.6 Å². The lowest BCUT2D eigenvalue weighted by molar-refractivity contribution is -0.120. The van der Waals surface area contributed by atoms with Crippen molar-refractivity contribution in [2.75, 3.05) is 42.4 Å². The third-order valence-electron chi connectivity index (χ3n) is 10.7. The van der Waals surface area contributed by atoms with Gasteiger partial charge in [-0.1, -0.05) is 52.0 Å². The first kappa shape index (κ1) is 48.0. The van der Waals surface area contributed by atoms with E-state index in [0.717, 1.165) is 16.5 Å². The summed E-state index contributed by atoms with van der Waals surface area (Å²) in [6.45, 7) is 17.4. The van der Waals surface area contributed by atoms with Crippen molar-refractivity contribution in [2.24, 2.45) is 17.8 Å². The fourth-order valence-electron chi connectivity index (χ4n) is 7.22. The highest BCUT2D eigenvalue weighted by molar-refractivity contribution is 6.08. The predicted octanol–water partition coefficient (Wildman–Crippen LogP) is 10.2. The summed E-state index contributed by atoms with van der Waals surface area (Å²) in [5.74, 6) is 0.345. The number of aryl methyl sites for hydroxylation is 1. The van der Waals surface area contributed by atoms with E-state index in [1.165, 1.54) is 0 Å². The Balaban J connectivity index is 1.09. The zero-order valence-corrected chi connectivity index (χ0v) is 38.8. The van der Waals surface area contributed by atoms with Gasteiger partial charge in [-0.05, 0) is 131 Å². The van der Waals surface area contributed by atoms with Crippen LogP contribution < -0.4 is 35.5 Å². The van der Waals surface area contributed by atoms with Gasteiger partial charge in [0, 0.05) is 34.0 Å². The first-order chi connectivity index (χ1) is 31.0. The highest BCUT2D eigenvalue weighted by Crippen LogP contribution is 2.32. The van der Waals surface area contributed by atoms with Crippen LogP contribution in [0.15, 0.2) is 91.1 Å². The number of hydrogen-bond donors (Lipinski definition) is 4. The molecule has 1 aromatic heterocycles. The largest absolute Gasteiger partial charge is 0.491 e. The van der Waals surface area contributed by atoms with Crippen LogP contribution in [0.4, 0.5) is 17.1 Å². The second kappa shape index (κ2) is 21.9. The molecule has 4 amide bonds. The number of aromatic nitrogens is 1. The van der Waals surface area contributed by atoms with Crippen molar-refractivity contribution in [3.8, 4) is 17.2 Å². The van der Waals surface area contributed by atoms with Crippen molar-refractivity contribution in [1.29, 1.82) is 0 Å². The lowest BCUT2D eigenvalue weighted by Gasteiger charge is -2.28. The van der Waals surface area contributed by atoms with Crippen LogP contribution in [0.3, 0.4) is 0 Å². The number of carbonyl (C=O) groups excluding carboxylic acids is 4. The summed E-state index contributed by atoms with van der Waals surface area (Å²) in [5.41, 5.74) is 4.00. The van der Waals surface area contributed by atoms with Gasteiger partial charge in [0.25, 0.3) is 17.7 Å². The molecule has 6 rings (SSSR count). The predicted molar refractivity (Wildman–Crippen MR) is 255 cm³/mol. The quantitative estimate of drug-likeness (QED) is 0.0627. The minimum atomic E-state index is -0.433. The zero-order valence-electron chi connectivity index (χ0n) is 38.8. The number of para-hydroxylation sites is 1. The summed E-state index contributed by atoms with van der Waals surface area (Å²) in [5, 5.41) is 13.0. The molecule has 0 aliphatic heterocycles. The SMILES string of the molecule is Cc1ccc(C(=O)Nc2ccc(C(=O)Nc3ccc(C(=O)NC4CCC(C(=O)Nc5cnc6ccccc6c5)CC4)cc3OCC(C)C)cc2OCC(C)C)cc1OCCOC(C)(C)C. The summed E-state index contributed by atoms with van der Waals surface area (Å²) in [7, 11) is 0. The van der Waals surface area contributed by atoms with Gasteiger partial charge in [0.15, 0.2) is 0 Å². The number of nitrogens with one attached hydrogen (secondary N) is 4. The second-order valence-corrected chi connectivity index (χ2v) is 18.5. The van der Waals surface area contributed by atoms with Crippen LogP contribution in [-0.2, 0) is 9.53 Å². The molecular weight excluding hydrogens is 823 g/mol. The Hall–Kier alpha value is -6.47. The Labute approximate surface area is 382 Å². The highest BCUT2D eigenvalue weighted by Gasteiger charge is 2.28. The molecule has 0 spiro atoms. The van der Waals surface area contributed by atoms with Crippen molar-refractivity contribution < 1.29 is 38.1 Å². The highest BCUT2D eigenvalue weighted by atomic mass is 16.5. The molecule has 4 aromatic carbocycles. The Morgan fingerprint density at radius 3 is 1.78 bits per heavy atom. The lowest BCUT2D eigenvalue weighted by Crippen LogP contribution is -2.39. The number of pyridine rings is 1. The van der Waals surface area contributed by atoms with Crippen LogP contribution in [0.5, 0.6) is 17.2 Å². The maximum absolute atomic E-state index is 13.8. The fraction of sp³-hybridized carbons (Fsp3) is 0.404. The molecular formula is C52H63N5O8. The third-order valence-corrected chi connectivity index (χ3v) is 10.7. The zero-order chi connectivity index (χ0) is 46.7. The first-order valence-corrected chi connectivity index (χ1v) is 22.5. The number of nitrogens with zero attached hydrogens (tertiary/aromatic N) is 1. The van der Waals surface area contributed by atoms with E-state index in [0.29, 0.717) is 103 Å². The van der Waals surface area contributed by atoms with Crippen molar-refractivity contribution in [3.63, 3.8) is 0 Å². The minimum Gasteiger partial charge on any atom is -0.491 e. The molecule has 4 N–H and O–H groups in total. The fourth-order valence-corrected chi connectivity index (χ4v) is 7.22. The molecule has 1 aliphatic rings. The lowest BCUT2D eigenvalue weighted by atomic mass is 9.85. The van der Waals surface area contributed by atoms with Crippen molar-refractivity contribution in [1.82, 2.24) is 10.3 Å². The molecule has 0 saturated heterocycles. The van der Waals surface area contributed by atoms with Gasteiger partial charge in [-0.15, -0.1) is 0 Å². The topological polar surface area (TPSA) is 166 Å². The Kier molecular flexibility index (Phi) is 16.2. The van der Waals surface area contributed by atoms with E-state index >= 15 is 0 Å². The molecule has 0 radical (unpaired) electrons. The van der Waals surface area contributed by atoms with E-state index in [-0.39, 0.29) is 47.1 Å². The van der Waals surface area contributed by atoms with Gasteiger partial charge >= 0.3 is 0 Å². The average molecular weight is 886 g/mol. The number of benzene rings is 4. The molecule has 0 bridgehead atoms. The molecule has 0 unspecified atom stereocenters. The molecule has 1 saturated carbocycles. The second-order valence-electron chi connectivity index (χ2n) is 18.5. The number of ether oxygens (including phenoxy) is 4. The van der Waals surface area contributed by atoms with Crippen LogP contribution >= 0.6 is 0 Å². The van der Waals surface area contributed by atoms with Gasteiger partial charge in [0.05, 0.1) is 54.2 Å². The van der Waals surface area contributed by atoms with Crippen LogP contribution in [-0.4, -0.2) is 66.7 Å². The number of carbonyl (C=O) groups is 4. The van der Waals surface area contributed by atoms with Gasteiger partial charge in [0.2, 0.25) is 5.91 Å². The molecule has 5 aromatic rings. The molecule has 1 fully saturated rings. The minimum absolute atomic E-state index is 0.0459. The van der Waals surface area contributed by atoms with Crippen LogP contribution in [0.25, 0.3) is 10.9 Å². The van der Waals surface area contributed by atoms with E-state index in [4.69, 9.17) is 18.9 Å². The number of fused-ring (bicyclic) bond motifs is 1. The van der Waals surface area contributed by atoms with Crippen LogP contribution in [0, 0.1) is 24.7 Å². The molecule has 1 aliphatic carbocycles. The van der Waals surface area contributed by atoms with E-state index in [2.05, 4.69) is 26.3 Å². The van der Waals surface area contributed by atoms with Crippen LogP contribution in [0.1, 0.15) is 111 Å². The number of hydrogen-bond acceptors (Lipinski definition) is 9. The number of anilines is 3. The molecule has 344 valence electrons. The molecule has 1 heterocycles. The molecule has 0 atom stereocenters. The summed E-state index contributed by atoms with van der Waals surface area (Å²) in [4.78, 5) is 58.6. The normalized spacial score (nSPS) is 15.0. The summed E-state index contributed by atoms with van der Waals surface area (Å²) >= 11 is 0. The number of rotatable bonds is 18. The average Bonchev–Trinajstić information content (AvgIpc) is 3.27. The van der Waals surface area contributed by atoms with E-state index in [1.807, 2.05) is 91.8 Å². The molecule has 13 nitrogen and oxygen atoms in total. The van der Waals surface area contributed by atoms with Crippen molar-refractivity contribution in [3.05, 3.63) is 113 Å². The third kappa shape index (κ3) is 14.0. The standard InChI is InChI=1S/C52H63N5O8/c1-32(2)30-63-46-27-38(49(59)54-40-19-15-35(16-20-40)48(58)55-41-25-36-11-9-10-12-42(36)53-29-41)17-21-43(46)57-51(61)39-18-22-44(47(28-39)64-31-33(3)4)56-50(60)37-14-13-34(5)45(26-37)62-23-24-65-52(6,7)8/h9-14,17-18,21-22,25-29,32-33,35,40H,15-16,19-20,23-24,30-31H2,1-8H3,(H,54,59)(H,55,58)(H,56,60)(H,57,61). The first-order valence-electron chi connectivity index (χ1n) is 22.5. The van der Waals surface area contributed by atoms with Gasteiger partial charge in [0.1, 0.15) is 23.9 Å². The maximum atomic E-state index is 13.8. The Morgan fingerprint density at radius 2 is 1.20 bits per heavy atom. The summed E-state index contributed by atoms with van der Waals surface area (Å²) in [6.07, 6.45) is 4.27. The monoisotopic (exact) mass is 885 g/mol. The smallest absolute Gasteiger partial charge is 0.255 e. The number of amides is 4. The Morgan fingerprint density at radius 1 is 0.646 bits per heavy atom. The van der Waals surface area contributed by atoms with Crippen molar-refractivity contribution in [2.45, 2.75) is 92.7 Å². The van der Waals surface area contributed by atoms with Gasteiger partial charge < -0.3 is 40.2 Å².